The number of aromatic nitrogens is 2. The molecule has 4 heteroatoms. The van der Waals surface area contributed by atoms with Gasteiger partial charge in [0.05, 0.1) is 11.8 Å². The van der Waals surface area contributed by atoms with E-state index in [1.165, 1.54) is 19.3 Å². The second-order valence-corrected chi connectivity index (χ2v) is 4.65. The average molecular weight is 216 g/mol. The molecule has 0 aliphatic heterocycles. The number of hydrogen-bond acceptors (Lipinski definition) is 4. The third-order valence-electron chi connectivity index (χ3n) is 3.22. The van der Waals surface area contributed by atoms with Gasteiger partial charge in [-0.15, -0.1) is 5.10 Å². The van der Waals surface area contributed by atoms with E-state index in [-0.39, 0.29) is 5.54 Å². The second-order valence-electron chi connectivity index (χ2n) is 4.65. The highest BCUT2D eigenvalue weighted by molar-refractivity contribution is 5.51. The molecule has 1 aromatic rings. The molecule has 1 heterocycles. The van der Waals surface area contributed by atoms with Crippen molar-refractivity contribution in [2.45, 2.75) is 44.6 Å². The highest BCUT2D eigenvalue weighted by atomic mass is 15.2. The van der Waals surface area contributed by atoms with Gasteiger partial charge in [-0.25, -0.2) is 0 Å². The topological polar surface area (TPSA) is 61.6 Å². The Morgan fingerprint density at radius 2 is 2.12 bits per heavy atom. The number of anilines is 1. The molecule has 2 rings (SSSR count). The maximum absolute atomic E-state index is 8.97. The molecule has 0 spiro atoms. The highest BCUT2D eigenvalue weighted by Gasteiger charge is 2.27. The Hall–Kier alpha value is -1.63. The fraction of sp³-hybridized carbons (Fsp3) is 0.583. The van der Waals surface area contributed by atoms with Crippen LogP contribution in [0.3, 0.4) is 0 Å². The molecule has 1 aliphatic rings. The molecular weight excluding hydrogens is 200 g/mol. The molecule has 4 nitrogen and oxygen atoms in total. The monoisotopic (exact) mass is 216 g/mol. The summed E-state index contributed by atoms with van der Waals surface area (Å²) >= 11 is 0. The van der Waals surface area contributed by atoms with E-state index in [2.05, 4.69) is 28.5 Å². The van der Waals surface area contributed by atoms with Gasteiger partial charge in [0, 0.05) is 5.54 Å². The second kappa shape index (κ2) is 4.48. The van der Waals surface area contributed by atoms with Crippen molar-refractivity contribution in [1.29, 1.82) is 5.26 Å². The summed E-state index contributed by atoms with van der Waals surface area (Å²) in [5, 5.41) is 20.2. The van der Waals surface area contributed by atoms with E-state index in [1.54, 1.807) is 12.3 Å². The van der Waals surface area contributed by atoms with E-state index in [1.807, 2.05) is 0 Å². The van der Waals surface area contributed by atoms with Gasteiger partial charge in [-0.1, -0.05) is 19.3 Å². The van der Waals surface area contributed by atoms with Crippen LogP contribution in [0.15, 0.2) is 12.3 Å². The van der Waals surface area contributed by atoms with Crippen molar-refractivity contribution in [3.63, 3.8) is 0 Å². The first-order chi connectivity index (χ1) is 7.73. The molecule has 1 aromatic heterocycles. The van der Waals surface area contributed by atoms with Crippen LogP contribution in [-0.4, -0.2) is 15.7 Å². The third kappa shape index (κ3) is 2.30. The minimum Gasteiger partial charge on any atom is -0.362 e. The molecule has 0 saturated heterocycles. The summed E-state index contributed by atoms with van der Waals surface area (Å²) in [6.07, 6.45) is 7.61. The summed E-state index contributed by atoms with van der Waals surface area (Å²) in [7, 11) is 0. The Morgan fingerprint density at radius 3 is 2.81 bits per heavy atom. The van der Waals surface area contributed by atoms with E-state index in [9.17, 15) is 0 Å². The van der Waals surface area contributed by atoms with Crippen molar-refractivity contribution in [2.24, 2.45) is 0 Å². The number of hydrogen-bond donors (Lipinski definition) is 1. The molecule has 0 radical (unpaired) electrons. The van der Waals surface area contributed by atoms with Gasteiger partial charge in [0.2, 0.25) is 0 Å². The van der Waals surface area contributed by atoms with Crippen LogP contribution < -0.4 is 5.32 Å². The van der Waals surface area contributed by atoms with E-state index in [0.29, 0.717) is 11.4 Å². The van der Waals surface area contributed by atoms with E-state index < -0.39 is 0 Å². The summed E-state index contributed by atoms with van der Waals surface area (Å²) in [4.78, 5) is 0. The normalized spacial score (nSPS) is 18.8. The predicted molar refractivity (Wildman–Crippen MR) is 61.9 cm³/mol. The minimum atomic E-state index is 0.0693. The van der Waals surface area contributed by atoms with Gasteiger partial charge in [0.15, 0.2) is 5.82 Å². The summed E-state index contributed by atoms with van der Waals surface area (Å²) in [6, 6.07) is 3.83. The fourth-order valence-corrected chi connectivity index (χ4v) is 2.26. The largest absolute Gasteiger partial charge is 0.362 e. The summed E-state index contributed by atoms with van der Waals surface area (Å²) in [5.74, 6) is 0.620. The van der Waals surface area contributed by atoms with Gasteiger partial charge >= 0.3 is 0 Å². The van der Waals surface area contributed by atoms with E-state index in [4.69, 9.17) is 5.26 Å². The maximum atomic E-state index is 8.97. The van der Waals surface area contributed by atoms with Crippen molar-refractivity contribution in [2.75, 3.05) is 5.32 Å². The molecule has 84 valence electrons. The van der Waals surface area contributed by atoms with Gasteiger partial charge in [-0.3, -0.25) is 0 Å². The Balaban J connectivity index is 2.16. The molecule has 0 atom stereocenters. The summed E-state index contributed by atoms with van der Waals surface area (Å²) < 4.78 is 0. The minimum absolute atomic E-state index is 0.0693. The average Bonchev–Trinajstić information content (AvgIpc) is 2.30. The van der Waals surface area contributed by atoms with Crippen LogP contribution >= 0.6 is 0 Å². The molecule has 0 aromatic carbocycles. The van der Waals surface area contributed by atoms with Crippen molar-refractivity contribution < 1.29 is 0 Å². The highest BCUT2D eigenvalue weighted by Crippen LogP contribution is 2.31. The Kier molecular flexibility index (Phi) is 3.04. The summed E-state index contributed by atoms with van der Waals surface area (Å²) in [5.41, 5.74) is 0.640. The molecule has 0 bridgehead atoms. The van der Waals surface area contributed by atoms with Crippen LogP contribution in [-0.2, 0) is 0 Å². The molecule has 0 amide bonds. The number of nitrogens with one attached hydrogen (secondary N) is 1. The van der Waals surface area contributed by atoms with Crippen LogP contribution in [0.4, 0.5) is 5.82 Å². The lowest BCUT2D eigenvalue weighted by Gasteiger charge is -2.35. The van der Waals surface area contributed by atoms with Gasteiger partial charge in [0.1, 0.15) is 6.07 Å². The SMILES string of the molecule is CC1(Nc2nnccc2C#N)CCCCC1. The quantitative estimate of drug-likeness (QED) is 0.825. The number of rotatable bonds is 2. The van der Waals surface area contributed by atoms with Crippen LogP contribution in [0.2, 0.25) is 0 Å². The summed E-state index contributed by atoms with van der Waals surface area (Å²) in [6.45, 7) is 2.20. The van der Waals surface area contributed by atoms with Crippen molar-refractivity contribution in [3.8, 4) is 6.07 Å². The van der Waals surface area contributed by atoms with Crippen molar-refractivity contribution in [3.05, 3.63) is 17.8 Å². The number of nitriles is 1. The maximum Gasteiger partial charge on any atom is 0.167 e. The Morgan fingerprint density at radius 1 is 1.38 bits per heavy atom. The zero-order valence-corrected chi connectivity index (χ0v) is 9.53. The van der Waals surface area contributed by atoms with Gasteiger partial charge in [-0.05, 0) is 25.8 Å². The van der Waals surface area contributed by atoms with Crippen molar-refractivity contribution >= 4 is 5.82 Å². The van der Waals surface area contributed by atoms with Crippen LogP contribution in [0.25, 0.3) is 0 Å². The van der Waals surface area contributed by atoms with E-state index >= 15 is 0 Å². The molecule has 1 N–H and O–H groups in total. The van der Waals surface area contributed by atoms with Gasteiger partial charge < -0.3 is 5.32 Å². The molecule has 16 heavy (non-hydrogen) atoms. The first-order valence-electron chi connectivity index (χ1n) is 5.73. The Labute approximate surface area is 95.7 Å². The first kappa shape index (κ1) is 10.9. The lowest BCUT2D eigenvalue weighted by atomic mass is 9.83. The van der Waals surface area contributed by atoms with Crippen molar-refractivity contribution in [1.82, 2.24) is 10.2 Å². The molecule has 1 saturated carbocycles. The number of nitrogens with zero attached hydrogens (tertiary/aromatic N) is 3. The molecular formula is C12H16N4. The smallest absolute Gasteiger partial charge is 0.167 e. The molecule has 1 fully saturated rings. The lowest BCUT2D eigenvalue weighted by Crippen LogP contribution is -2.37. The lowest BCUT2D eigenvalue weighted by molar-refractivity contribution is 0.348. The Bertz CT molecular complexity index is 402. The zero-order valence-electron chi connectivity index (χ0n) is 9.53. The van der Waals surface area contributed by atoms with Gasteiger partial charge in [-0.2, -0.15) is 10.4 Å². The zero-order chi connectivity index (χ0) is 11.4. The van der Waals surface area contributed by atoms with Crippen LogP contribution in [0.1, 0.15) is 44.6 Å². The third-order valence-corrected chi connectivity index (χ3v) is 3.22. The van der Waals surface area contributed by atoms with Crippen LogP contribution in [0, 0.1) is 11.3 Å². The first-order valence-corrected chi connectivity index (χ1v) is 5.73. The van der Waals surface area contributed by atoms with Gasteiger partial charge in [0.25, 0.3) is 0 Å². The standard InChI is InChI=1S/C12H16N4/c1-12(6-3-2-4-7-12)15-11-10(9-13)5-8-14-16-11/h5,8H,2-4,6-7H2,1H3,(H,15,16). The molecule has 1 aliphatic carbocycles. The predicted octanol–water partition coefficient (Wildman–Crippen LogP) is 2.48. The van der Waals surface area contributed by atoms with E-state index in [0.717, 1.165) is 12.8 Å². The van der Waals surface area contributed by atoms with Crippen LogP contribution in [0.5, 0.6) is 0 Å². The molecule has 0 unspecified atom stereocenters. The fourth-order valence-electron chi connectivity index (χ4n) is 2.26.